The third-order valence-electron chi connectivity index (χ3n) is 8.52. The van der Waals surface area contributed by atoms with E-state index in [9.17, 15) is 9.59 Å². The molecule has 2 N–H and O–H groups in total. The van der Waals surface area contributed by atoms with Crippen LogP contribution in [0.3, 0.4) is 0 Å². The minimum atomic E-state index is -0.959. The monoisotopic (exact) mass is 583 g/mol. The predicted octanol–water partition coefficient (Wildman–Crippen LogP) is 4.66. The molecule has 1 aromatic carbocycles. The molecule has 10 heteroatoms. The molecule has 1 aliphatic carbocycles. The third-order valence-corrected chi connectivity index (χ3v) is 8.52. The summed E-state index contributed by atoms with van der Waals surface area (Å²) >= 11 is 0. The summed E-state index contributed by atoms with van der Waals surface area (Å²) in [5, 5.41) is 16.5. The number of aryl methyl sites for hydroxylation is 2. The number of aromatic nitrogens is 4. The highest BCUT2D eigenvalue weighted by molar-refractivity contribution is 5.86. The van der Waals surface area contributed by atoms with Gasteiger partial charge in [0.2, 0.25) is 5.82 Å². The zero-order valence-electron chi connectivity index (χ0n) is 25.4. The molecule has 0 amide bonds. The fraction of sp³-hybridized carbons (Fsp3) is 0.424. The fourth-order valence-electron chi connectivity index (χ4n) is 6.26. The van der Waals surface area contributed by atoms with E-state index in [0.29, 0.717) is 17.7 Å². The summed E-state index contributed by atoms with van der Waals surface area (Å²) in [5.74, 6) is 0.0198. The number of anilines is 2. The standard InChI is InChI=1S/C14H19N3O2.C13H16N4O.C6H6/c1-9-3-11(4-12(16-9)13(18)19)17-7-14(8-17)5-10(6-14)15-2;1-9-3-4-16(6-9)11-5-10(2)13-14-12(8-18)15-17(13)7-11;1-2-4-6-5-3-1/h3-4,10,15H,5-8H2,1-2H3,(H,18,19);5,7-9H,3-4,6H2,1-2H3;1-6H. The SMILES string of the molecule is CNC1CC2(C1)CN(c1cc(C)nc(C(=O)O)c1)C2.Cc1cc(N2CCC(C)C2)cn2nc(C=O)nc12.c1ccccc1. The van der Waals surface area contributed by atoms with Crippen molar-refractivity contribution < 1.29 is 14.7 Å². The maximum atomic E-state index is 11.0. The second-order valence-electron chi connectivity index (χ2n) is 12.1. The van der Waals surface area contributed by atoms with E-state index in [2.05, 4.69) is 43.2 Å². The van der Waals surface area contributed by atoms with Gasteiger partial charge in [-0.2, -0.15) is 0 Å². The quantitative estimate of drug-likeness (QED) is 0.324. The average Bonchev–Trinajstić information content (AvgIpc) is 3.59. The minimum absolute atomic E-state index is 0.137. The normalized spacial score (nSPS) is 18.7. The number of nitrogens with one attached hydrogen (secondary N) is 1. The molecular formula is C33H41N7O3. The number of carbonyl (C=O) groups excluding carboxylic acids is 1. The lowest BCUT2D eigenvalue weighted by atomic mass is 9.60. The van der Waals surface area contributed by atoms with Crippen LogP contribution < -0.4 is 15.1 Å². The number of hydrogen-bond acceptors (Lipinski definition) is 8. The number of rotatable bonds is 5. The Balaban J connectivity index is 0.000000144. The molecular weight excluding hydrogens is 542 g/mol. The predicted molar refractivity (Wildman–Crippen MR) is 168 cm³/mol. The van der Waals surface area contributed by atoms with Crippen LogP contribution >= 0.6 is 0 Å². The van der Waals surface area contributed by atoms with Crippen molar-refractivity contribution in [2.75, 3.05) is 43.0 Å². The Labute approximate surface area is 252 Å². The summed E-state index contributed by atoms with van der Waals surface area (Å²) in [4.78, 5) is 34.6. The van der Waals surface area contributed by atoms with Gasteiger partial charge in [-0.05, 0) is 69.8 Å². The average molecular weight is 584 g/mol. The maximum absolute atomic E-state index is 11.0. The topological polar surface area (TPSA) is 116 Å². The number of hydrogen-bond donors (Lipinski definition) is 2. The lowest BCUT2D eigenvalue weighted by Crippen LogP contribution is -2.66. The van der Waals surface area contributed by atoms with Gasteiger partial charge in [0.15, 0.2) is 17.6 Å². The van der Waals surface area contributed by atoms with E-state index in [1.54, 1.807) is 10.6 Å². The van der Waals surface area contributed by atoms with Crippen molar-refractivity contribution in [3.8, 4) is 0 Å². The van der Waals surface area contributed by atoms with E-state index in [4.69, 9.17) is 5.11 Å². The lowest BCUT2D eigenvalue weighted by molar-refractivity contribution is 0.0521. The number of carboxylic acids is 1. The number of nitrogens with zero attached hydrogens (tertiary/aromatic N) is 6. The molecule has 3 fully saturated rings. The highest BCUT2D eigenvalue weighted by atomic mass is 16.4. The van der Waals surface area contributed by atoms with Crippen LogP contribution in [-0.2, 0) is 0 Å². The number of fused-ring (bicyclic) bond motifs is 1. The van der Waals surface area contributed by atoms with Crippen molar-refractivity contribution in [2.24, 2.45) is 11.3 Å². The number of carboxylic acid groups (broad SMARTS) is 1. The first-order chi connectivity index (χ1) is 20.7. The highest BCUT2D eigenvalue weighted by Gasteiger charge is 2.51. The summed E-state index contributed by atoms with van der Waals surface area (Å²) in [6, 6.07) is 18.4. The third kappa shape index (κ3) is 7.02. The van der Waals surface area contributed by atoms with Gasteiger partial charge >= 0.3 is 5.97 Å². The Morgan fingerprint density at radius 1 is 1.00 bits per heavy atom. The molecule has 4 aromatic rings. The molecule has 2 saturated heterocycles. The summed E-state index contributed by atoms with van der Waals surface area (Å²) in [5.41, 5.74) is 5.32. The first kappa shape index (κ1) is 30.2. The summed E-state index contributed by atoms with van der Waals surface area (Å²) < 4.78 is 1.71. The van der Waals surface area contributed by atoms with Crippen LogP contribution in [0.15, 0.2) is 60.8 Å². The van der Waals surface area contributed by atoms with Crippen molar-refractivity contribution in [2.45, 2.75) is 46.1 Å². The fourth-order valence-corrected chi connectivity index (χ4v) is 6.26. The van der Waals surface area contributed by atoms with Crippen LogP contribution in [0.1, 0.15) is 58.6 Å². The van der Waals surface area contributed by atoms with Gasteiger partial charge in [0.05, 0.1) is 11.9 Å². The molecule has 1 saturated carbocycles. The van der Waals surface area contributed by atoms with Crippen LogP contribution in [-0.4, -0.2) is 76.2 Å². The van der Waals surface area contributed by atoms with Gasteiger partial charge in [0.1, 0.15) is 0 Å². The zero-order chi connectivity index (χ0) is 30.6. The van der Waals surface area contributed by atoms with Crippen LogP contribution in [0.25, 0.3) is 5.65 Å². The van der Waals surface area contributed by atoms with Gasteiger partial charge in [-0.15, -0.1) is 5.10 Å². The molecule has 7 rings (SSSR count). The van der Waals surface area contributed by atoms with Gasteiger partial charge in [0.25, 0.3) is 0 Å². The van der Waals surface area contributed by atoms with E-state index in [1.807, 2.05) is 69.6 Å². The molecule has 3 aromatic heterocycles. The molecule has 3 aliphatic rings. The summed E-state index contributed by atoms with van der Waals surface area (Å²) in [7, 11) is 2.01. The van der Waals surface area contributed by atoms with Gasteiger partial charge in [-0.25, -0.2) is 19.3 Å². The molecule has 0 radical (unpaired) electrons. The van der Waals surface area contributed by atoms with Crippen LogP contribution in [0.4, 0.5) is 11.4 Å². The van der Waals surface area contributed by atoms with Crippen LogP contribution in [0.2, 0.25) is 0 Å². The second kappa shape index (κ2) is 12.9. The molecule has 10 nitrogen and oxygen atoms in total. The number of benzene rings is 1. The number of aldehydes is 1. The molecule has 5 heterocycles. The molecule has 0 bridgehead atoms. The first-order valence-electron chi connectivity index (χ1n) is 14.9. The van der Waals surface area contributed by atoms with Gasteiger partial charge in [-0.1, -0.05) is 43.3 Å². The van der Waals surface area contributed by atoms with E-state index in [0.717, 1.165) is 60.4 Å². The highest BCUT2D eigenvalue weighted by Crippen LogP contribution is 2.49. The largest absolute Gasteiger partial charge is 0.477 e. The Morgan fingerprint density at radius 3 is 2.23 bits per heavy atom. The Hall–Kier alpha value is -4.31. The smallest absolute Gasteiger partial charge is 0.354 e. The van der Waals surface area contributed by atoms with E-state index in [-0.39, 0.29) is 11.5 Å². The molecule has 2 aliphatic heterocycles. The zero-order valence-corrected chi connectivity index (χ0v) is 25.4. The second-order valence-corrected chi connectivity index (χ2v) is 12.1. The molecule has 1 atom stereocenters. The minimum Gasteiger partial charge on any atom is -0.477 e. The van der Waals surface area contributed by atoms with Crippen molar-refractivity contribution in [3.63, 3.8) is 0 Å². The van der Waals surface area contributed by atoms with Crippen LogP contribution in [0.5, 0.6) is 0 Å². The number of aromatic carboxylic acids is 1. The Morgan fingerprint density at radius 2 is 1.67 bits per heavy atom. The summed E-state index contributed by atoms with van der Waals surface area (Å²) in [6.45, 7) is 10.3. The van der Waals surface area contributed by atoms with Crippen molar-refractivity contribution in [1.29, 1.82) is 0 Å². The maximum Gasteiger partial charge on any atom is 0.354 e. The molecule has 1 unspecified atom stereocenters. The Bertz CT molecular complexity index is 1530. The Kier molecular flexibility index (Phi) is 9.05. The lowest BCUT2D eigenvalue weighted by Gasteiger charge is -2.60. The van der Waals surface area contributed by atoms with E-state index in [1.165, 1.54) is 19.3 Å². The molecule has 43 heavy (non-hydrogen) atoms. The van der Waals surface area contributed by atoms with Gasteiger partial charge in [0, 0.05) is 49.0 Å². The molecule has 226 valence electrons. The van der Waals surface area contributed by atoms with Gasteiger partial charge in [-0.3, -0.25) is 4.79 Å². The first-order valence-corrected chi connectivity index (χ1v) is 14.9. The van der Waals surface area contributed by atoms with Crippen molar-refractivity contribution in [3.05, 3.63) is 83.6 Å². The van der Waals surface area contributed by atoms with E-state index < -0.39 is 5.97 Å². The number of pyridine rings is 2. The number of carbonyl (C=O) groups is 2. The van der Waals surface area contributed by atoms with Crippen LogP contribution in [0, 0.1) is 25.2 Å². The van der Waals surface area contributed by atoms with Crippen molar-refractivity contribution >= 4 is 29.3 Å². The van der Waals surface area contributed by atoms with Gasteiger partial charge < -0.3 is 20.2 Å². The van der Waals surface area contributed by atoms with Crippen molar-refractivity contribution in [1.82, 2.24) is 24.9 Å². The summed E-state index contributed by atoms with van der Waals surface area (Å²) in [6.07, 6.45) is 6.34. The molecule has 1 spiro atoms. The van der Waals surface area contributed by atoms with E-state index >= 15 is 0 Å².